The van der Waals surface area contributed by atoms with E-state index in [0.717, 1.165) is 17.9 Å². The number of hydrogen-bond donors (Lipinski definition) is 1. The van der Waals surface area contributed by atoms with Crippen molar-refractivity contribution in [1.29, 1.82) is 0 Å². The van der Waals surface area contributed by atoms with Gasteiger partial charge in [0.1, 0.15) is 5.75 Å². The van der Waals surface area contributed by atoms with E-state index >= 15 is 0 Å². The molecule has 25 heavy (non-hydrogen) atoms. The predicted octanol–water partition coefficient (Wildman–Crippen LogP) is 2.41. The van der Waals surface area contributed by atoms with Crippen molar-refractivity contribution in [1.82, 2.24) is 5.32 Å². The molecular formula is C20H22N2O3. The Morgan fingerprint density at radius 2 is 1.88 bits per heavy atom. The number of anilines is 1. The van der Waals surface area contributed by atoms with Gasteiger partial charge >= 0.3 is 0 Å². The highest BCUT2D eigenvalue weighted by Gasteiger charge is 2.34. The number of rotatable bonds is 6. The smallest absolute Gasteiger partial charge is 0.227 e. The second-order valence-electron chi connectivity index (χ2n) is 6.13. The zero-order valence-electron chi connectivity index (χ0n) is 14.3. The van der Waals surface area contributed by atoms with Crippen LogP contribution < -0.4 is 15.0 Å². The van der Waals surface area contributed by atoms with Crippen LogP contribution in [0.4, 0.5) is 5.69 Å². The lowest BCUT2D eigenvalue weighted by molar-refractivity contribution is -0.126. The molecule has 0 bridgehead atoms. The van der Waals surface area contributed by atoms with Crippen molar-refractivity contribution in [3.63, 3.8) is 0 Å². The van der Waals surface area contributed by atoms with E-state index < -0.39 is 0 Å². The summed E-state index contributed by atoms with van der Waals surface area (Å²) < 4.78 is 5.13. The first-order chi connectivity index (χ1) is 12.2. The third kappa shape index (κ3) is 4.18. The Morgan fingerprint density at radius 3 is 2.56 bits per heavy atom. The highest BCUT2D eigenvalue weighted by molar-refractivity contribution is 6.00. The highest BCUT2D eigenvalue weighted by Crippen LogP contribution is 2.26. The van der Waals surface area contributed by atoms with E-state index in [2.05, 4.69) is 5.32 Å². The Kier molecular flexibility index (Phi) is 5.33. The van der Waals surface area contributed by atoms with Crippen molar-refractivity contribution in [2.24, 2.45) is 5.92 Å². The molecule has 1 aliphatic heterocycles. The van der Waals surface area contributed by atoms with Gasteiger partial charge in [0, 0.05) is 25.2 Å². The summed E-state index contributed by atoms with van der Waals surface area (Å²) in [6.45, 7) is 0.998. The zero-order valence-corrected chi connectivity index (χ0v) is 14.3. The molecule has 1 unspecified atom stereocenters. The molecule has 2 aromatic carbocycles. The summed E-state index contributed by atoms with van der Waals surface area (Å²) in [5.41, 5.74) is 1.98. The van der Waals surface area contributed by atoms with E-state index in [1.165, 1.54) is 5.56 Å². The lowest BCUT2D eigenvalue weighted by atomic mass is 10.1. The molecule has 5 nitrogen and oxygen atoms in total. The summed E-state index contributed by atoms with van der Waals surface area (Å²) >= 11 is 0. The second kappa shape index (κ2) is 7.83. The molecule has 1 fully saturated rings. The quantitative estimate of drug-likeness (QED) is 0.880. The van der Waals surface area contributed by atoms with Gasteiger partial charge in [0.05, 0.1) is 13.0 Å². The summed E-state index contributed by atoms with van der Waals surface area (Å²) in [6, 6.07) is 17.3. The van der Waals surface area contributed by atoms with Gasteiger partial charge in [-0.15, -0.1) is 0 Å². The normalized spacial score (nSPS) is 16.8. The van der Waals surface area contributed by atoms with Crippen LogP contribution >= 0.6 is 0 Å². The Hall–Kier alpha value is -2.82. The van der Waals surface area contributed by atoms with E-state index in [4.69, 9.17) is 4.74 Å². The molecule has 1 aliphatic rings. The van der Waals surface area contributed by atoms with Gasteiger partial charge in [-0.1, -0.05) is 30.3 Å². The van der Waals surface area contributed by atoms with Gasteiger partial charge < -0.3 is 15.0 Å². The SMILES string of the molecule is COc1ccc(N2CC(C(=O)NCCc3ccccc3)CC2=O)cc1. The zero-order chi connectivity index (χ0) is 17.6. The van der Waals surface area contributed by atoms with Gasteiger partial charge in [0.2, 0.25) is 11.8 Å². The summed E-state index contributed by atoms with van der Waals surface area (Å²) in [4.78, 5) is 26.3. The van der Waals surface area contributed by atoms with Crippen LogP contribution in [0.15, 0.2) is 54.6 Å². The number of nitrogens with one attached hydrogen (secondary N) is 1. The van der Waals surface area contributed by atoms with Crippen LogP contribution in [0.25, 0.3) is 0 Å². The molecule has 130 valence electrons. The topological polar surface area (TPSA) is 58.6 Å². The fourth-order valence-corrected chi connectivity index (χ4v) is 3.01. The molecule has 3 rings (SSSR count). The van der Waals surface area contributed by atoms with Crippen LogP contribution in [-0.4, -0.2) is 32.0 Å². The molecule has 0 aromatic heterocycles. The van der Waals surface area contributed by atoms with Crippen LogP contribution in [0.2, 0.25) is 0 Å². The maximum atomic E-state index is 12.3. The third-order valence-corrected chi connectivity index (χ3v) is 4.44. The molecule has 0 spiro atoms. The summed E-state index contributed by atoms with van der Waals surface area (Å²) in [5.74, 6) is 0.365. The number of hydrogen-bond acceptors (Lipinski definition) is 3. The van der Waals surface area contributed by atoms with Crippen LogP contribution in [0.3, 0.4) is 0 Å². The Balaban J connectivity index is 1.53. The fraction of sp³-hybridized carbons (Fsp3) is 0.300. The minimum atomic E-state index is -0.301. The van der Waals surface area contributed by atoms with Crippen molar-refractivity contribution in [2.45, 2.75) is 12.8 Å². The van der Waals surface area contributed by atoms with Gasteiger partial charge in [-0.2, -0.15) is 0 Å². The van der Waals surface area contributed by atoms with E-state index in [9.17, 15) is 9.59 Å². The van der Waals surface area contributed by atoms with E-state index in [0.29, 0.717) is 13.1 Å². The van der Waals surface area contributed by atoms with Gasteiger partial charge in [-0.25, -0.2) is 0 Å². The minimum absolute atomic E-state index is 0.0200. The molecule has 2 aromatic rings. The van der Waals surface area contributed by atoms with Crippen molar-refractivity contribution in [3.05, 3.63) is 60.2 Å². The maximum absolute atomic E-state index is 12.3. The molecule has 2 amide bonds. The minimum Gasteiger partial charge on any atom is -0.497 e. The van der Waals surface area contributed by atoms with Crippen LogP contribution in [-0.2, 0) is 16.0 Å². The number of ether oxygens (including phenoxy) is 1. The lowest BCUT2D eigenvalue weighted by Gasteiger charge is -2.17. The van der Waals surface area contributed by atoms with Crippen LogP contribution in [0, 0.1) is 5.92 Å². The molecule has 0 aliphatic carbocycles. The highest BCUT2D eigenvalue weighted by atomic mass is 16.5. The summed E-state index contributed by atoms with van der Waals surface area (Å²) in [7, 11) is 1.60. The van der Waals surface area contributed by atoms with Gasteiger partial charge in [0.15, 0.2) is 0 Å². The molecule has 1 atom stereocenters. The van der Waals surface area contributed by atoms with Gasteiger partial charge in [-0.3, -0.25) is 9.59 Å². The van der Waals surface area contributed by atoms with E-state index in [1.54, 1.807) is 12.0 Å². The molecule has 0 radical (unpaired) electrons. The number of carbonyl (C=O) groups excluding carboxylic acids is 2. The fourth-order valence-electron chi connectivity index (χ4n) is 3.01. The maximum Gasteiger partial charge on any atom is 0.227 e. The monoisotopic (exact) mass is 338 g/mol. The van der Waals surface area contributed by atoms with Crippen molar-refractivity contribution >= 4 is 17.5 Å². The third-order valence-electron chi connectivity index (χ3n) is 4.44. The lowest BCUT2D eigenvalue weighted by Crippen LogP contribution is -2.34. The average Bonchev–Trinajstić information content (AvgIpc) is 3.04. The first-order valence-electron chi connectivity index (χ1n) is 8.43. The number of carbonyl (C=O) groups is 2. The Labute approximate surface area is 147 Å². The molecule has 1 heterocycles. The van der Waals surface area contributed by atoms with Crippen molar-refractivity contribution in [2.75, 3.05) is 25.1 Å². The molecule has 1 N–H and O–H groups in total. The Bertz CT molecular complexity index is 728. The largest absolute Gasteiger partial charge is 0.497 e. The molecule has 5 heteroatoms. The number of amides is 2. The van der Waals surface area contributed by atoms with Crippen molar-refractivity contribution in [3.8, 4) is 5.75 Å². The summed E-state index contributed by atoms with van der Waals surface area (Å²) in [5, 5.41) is 2.95. The van der Waals surface area contributed by atoms with Gasteiger partial charge in [-0.05, 0) is 36.2 Å². The number of benzene rings is 2. The van der Waals surface area contributed by atoms with E-state index in [-0.39, 0.29) is 24.2 Å². The first-order valence-corrected chi connectivity index (χ1v) is 8.43. The molecule has 1 saturated heterocycles. The Morgan fingerprint density at radius 1 is 1.16 bits per heavy atom. The van der Waals surface area contributed by atoms with Crippen LogP contribution in [0.1, 0.15) is 12.0 Å². The second-order valence-corrected chi connectivity index (χ2v) is 6.13. The number of nitrogens with zero attached hydrogens (tertiary/aromatic N) is 1. The average molecular weight is 338 g/mol. The number of methoxy groups -OCH3 is 1. The predicted molar refractivity (Wildman–Crippen MR) is 96.6 cm³/mol. The standard InChI is InChI=1S/C20H22N2O3/c1-25-18-9-7-17(8-10-18)22-14-16(13-19(22)23)20(24)21-12-11-15-5-3-2-4-6-15/h2-10,16H,11-14H2,1H3,(H,21,24). The molecule has 0 saturated carbocycles. The van der Waals surface area contributed by atoms with Gasteiger partial charge in [0.25, 0.3) is 0 Å². The molecular weight excluding hydrogens is 316 g/mol. The summed E-state index contributed by atoms with van der Waals surface area (Å²) in [6.07, 6.45) is 1.04. The van der Waals surface area contributed by atoms with Crippen LogP contribution in [0.5, 0.6) is 5.75 Å². The first kappa shape index (κ1) is 17.0. The van der Waals surface area contributed by atoms with E-state index in [1.807, 2.05) is 54.6 Å². The van der Waals surface area contributed by atoms with Crippen molar-refractivity contribution < 1.29 is 14.3 Å².